The molecule has 0 amide bonds. The van der Waals surface area contributed by atoms with Crippen molar-refractivity contribution in [2.45, 2.75) is 203 Å². The maximum Gasteiger partial charge on any atom is 0.187 e. The maximum atomic E-state index is 11.6. The van der Waals surface area contributed by atoms with Gasteiger partial charge >= 0.3 is 0 Å². The lowest BCUT2D eigenvalue weighted by Crippen LogP contribution is -2.67. The highest BCUT2D eigenvalue weighted by molar-refractivity contribution is 5.27. The molecule has 5 aliphatic carbocycles. The predicted octanol–water partition coefficient (Wildman–Crippen LogP) is 0.451. The van der Waals surface area contributed by atoms with Crippen molar-refractivity contribution in [1.29, 1.82) is 0 Å². The summed E-state index contributed by atoms with van der Waals surface area (Å²) < 4.78 is 36.8. The molecular weight excluding hydrogens is 806 g/mol. The Bertz CT molecular complexity index is 1610. The van der Waals surface area contributed by atoms with Crippen LogP contribution in [0.1, 0.15) is 98.8 Å². The van der Waals surface area contributed by atoms with Crippen LogP contribution in [-0.2, 0) is 28.4 Å². The fraction of sp³-hybridized carbons (Fsp3) is 0.957. The van der Waals surface area contributed by atoms with Gasteiger partial charge in [-0.3, -0.25) is 0 Å². The van der Waals surface area contributed by atoms with Crippen LogP contribution in [0.3, 0.4) is 0 Å². The van der Waals surface area contributed by atoms with Gasteiger partial charge in [0.25, 0.3) is 0 Å². The van der Waals surface area contributed by atoms with Crippen molar-refractivity contribution in [3.05, 3.63) is 11.6 Å². The second-order valence-electron chi connectivity index (χ2n) is 21.8. The van der Waals surface area contributed by atoms with E-state index in [2.05, 4.69) is 39.1 Å². The smallest absolute Gasteiger partial charge is 0.187 e. The molecule has 1 spiro atoms. The topological polar surface area (TPSA) is 249 Å². The van der Waals surface area contributed by atoms with Crippen LogP contribution < -0.4 is 5.32 Å². The van der Waals surface area contributed by atoms with Crippen LogP contribution >= 0.6 is 0 Å². The van der Waals surface area contributed by atoms with Crippen LogP contribution in [0.5, 0.6) is 0 Å². The fourth-order valence-electron chi connectivity index (χ4n) is 15.0. The molecule has 4 heterocycles. The largest absolute Gasteiger partial charge is 0.394 e. The molecule has 0 bridgehead atoms. The summed E-state index contributed by atoms with van der Waals surface area (Å²) in [5.74, 6) is 4.88. The van der Waals surface area contributed by atoms with Gasteiger partial charge in [0, 0.05) is 5.54 Å². The Labute approximate surface area is 365 Å². The van der Waals surface area contributed by atoms with Gasteiger partial charge in [-0.1, -0.05) is 39.3 Å². The van der Waals surface area contributed by atoms with Crippen molar-refractivity contribution in [3.8, 4) is 0 Å². The van der Waals surface area contributed by atoms with E-state index in [-0.39, 0.29) is 11.5 Å². The van der Waals surface area contributed by atoms with Gasteiger partial charge in [0.1, 0.15) is 67.1 Å². The number of aliphatic hydroxyl groups excluding tert-OH is 9. The van der Waals surface area contributed by atoms with E-state index < -0.39 is 105 Å². The predicted molar refractivity (Wildman–Crippen MR) is 219 cm³/mol. The van der Waals surface area contributed by atoms with E-state index in [1.54, 1.807) is 0 Å². The highest BCUT2D eigenvalue weighted by Gasteiger charge is 2.67. The average molecular weight is 882 g/mol. The number of nitrogens with one attached hydrogen (secondary N) is 1. The Morgan fingerprint density at radius 2 is 1.35 bits per heavy atom. The molecule has 4 saturated carbocycles. The van der Waals surface area contributed by atoms with E-state index in [1.165, 1.54) is 51.0 Å². The molecule has 0 aromatic rings. The lowest BCUT2D eigenvalue weighted by molar-refractivity contribution is -0.394. The third-order valence-corrected chi connectivity index (χ3v) is 18.6. The maximum absolute atomic E-state index is 11.6. The summed E-state index contributed by atoms with van der Waals surface area (Å²) in [6.45, 7) is 11.3. The molecule has 16 heteroatoms. The Balaban J connectivity index is 0.940. The van der Waals surface area contributed by atoms with Crippen LogP contribution in [0.25, 0.3) is 0 Å². The normalized spacial score (nSPS) is 57.6. The minimum absolute atomic E-state index is 0.00474. The third kappa shape index (κ3) is 7.50. The zero-order chi connectivity index (χ0) is 44.2. The van der Waals surface area contributed by atoms with Crippen molar-refractivity contribution < 1.29 is 74.4 Å². The summed E-state index contributed by atoms with van der Waals surface area (Å²) in [7, 11) is 0. The van der Waals surface area contributed by atoms with Crippen molar-refractivity contribution >= 4 is 0 Å². The molecule has 4 aliphatic heterocycles. The summed E-state index contributed by atoms with van der Waals surface area (Å²) in [5, 5.41) is 99.9. The van der Waals surface area contributed by atoms with E-state index >= 15 is 0 Å². The lowest BCUT2D eigenvalue weighted by atomic mass is 9.46. The molecule has 0 aromatic heterocycles. The molecule has 4 saturated heterocycles. The summed E-state index contributed by atoms with van der Waals surface area (Å²) >= 11 is 0. The highest BCUT2D eigenvalue weighted by Crippen LogP contribution is 2.72. The number of rotatable bonds is 8. The average Bonchev–Trinajstić information content (AvgIpc) is 3.70. The fourth-order valence-corrected chi connectivity index (χ4v) is 15.0. The summed E-state index contributed by atoms with van der Waals surface area (Å²) in [6.07, 6.45) is -9.86. The van der Waals surface area contributed by atoms with E-state index in [0.29, 0.717) is 47.5 Å². The Morgan fingerprint density at radius 1 is 0.694 bits per heavy atom. The standard InChI is InChI=1S/C46H75NO15/c1-20-8-13-46(47-17-20)16-23-14-28-26-7-6-24-15-25(9-11-44(24,4)27(26)10-12-45(28,5)31(23)21(46)2)58-43-40(62-41-37(55)35(53)32(50)22(3)57-41)39(34(52)30(19-49)60-43)61-42-38(56)36(54)33(51)29(18-48)59-42/h6,20-23,25-43,47-56H,7-19H2,1-5H3/t20-,21+,22?,23?,25+,26?,27?,28?,29?,30?,31?,32+,33-,34+,35?,36?,37?,38?,39?,40?,41+,42+,43-,44+,45+,46-/m1/s1. The first kappa shape index (κ1) is 46.2. The minimum atomic E-state index is -1.83. The first-order valence-electron chi connectivity index (χ1n) is 23.8. The zero-order valence-corrected chi connectivity index (χ0v) is 37.0. The molecule has 26 atom stereocenters. The highest BCUT2D eigenvalue weighted by atomic mass is 16.8. The first-order valence-corrected chi connectivity index (χ1v) is 23.8. The number of ether oxygens (including phenoxy) is 6. The monoisotopic (exact) mass is 882 g/mol. The van der Waals surface area contributed by atoms with Crippen molar-refractivity contribution in [2.75, 3.05) is 19.8 Å². The van der Waals surface area contributed by atoms with E-state index in [0.717, 1.165) is 37.1 Å². The number of aliphatic hydroxyl groups is 9. The molecule has 62 heavy (non-hydrogen) atoms. The van der Waals surface area contributed by atoms with Gasteiger partial charge in [-0.25, -0.2) is 0 Å². The van der Waals surface area contributed by atoms with E-state index in [9.17, 15) is 46.0 Å². The number of piperidine rings is 1. The molecule has 0 radical (unpaired) electrons. The molecule has 16 nitrogen and oxygen atoms in total. The number of hydrogen-bond donors (Lipinski definition) is 10. The van der Waals surface area contributed by atoms with Gasteiger partial charge in [0.2, 0.25) is 0 Å². The van der Waals surface area contributed by atoms with Gasteiger partial charge in [0.15, 0.2) is 18.9 Å². The molecule has 9 aliphatic rings. The first-order chi connectivity index (χ1) is 29.4. The lowest BCUT2D eigenvalue weighted by Gasteiger charge is -2.59. The second kappa shape index (κ2) is 17.3. The number of hydrogen-bond acceptors (Lipinski definition) is 16. The van der Waals surface area contributed by atoms with Crippen LogP contribution in [0.4, 0.5) is 0 Å². The van der Waals surface area contributed by atoms with Crippen LogP contribution in [-0.4, -0.2) is 169 Å². The summed E-state index contributed by atoms with van der Waals surface area (Å²) in [6, 6.07) is 0. The van der Waals surface area contributed by atoms with Crippen molar-refractivity contribution in [3.63, 3.8) is 0 Å². The molecule has 8 fully saturated rings. The Hall–Kier alpha value is -0.900. The third-order valence-electron chi connectivity index (χ3n) is 18.6. The molecule has 9 rings (SSSR count). The van der Waals surface area contributed by atoms with E-state index in [4.69, 9.17) is 28.4 Å². The summed E-state index contributed by atoms with van der Waals surface area (Å²) in [5.41, 5.74) is 2.02. The van der Waals surface area contributed by atoms with Crippen LogP contribution in [0.2, 0.25) is 0 Å². The SMILES string of the molecule is CC1O[C@@H](OC2C(O[C@@H]3OC(CO)[C@@H](O)C(O)C3O)[C@@H](O)C(CO)O[C@H]2O[C@H]2CC[C@@]3(C)C(=CCC4C5CC6C[C@]7(CC[C@@H](C)CN7)[C@@H](C)C6[C@@]5(C)CCC43)C2)C(O)C(O)[C@H]1O. The molecule has 354 valence electrons. The van der Waals surface area contributed by atoms with Crippen molar-refractivity contribution in [2.24, 2.45) is 52.3 Å². The minimum Gasteiger partial charge on any atom is -0.394 e. The zero-order valence-electron chi connectivity index (χ0n) is 37.0. The van der Waals surface area contributed by atoms with Gasteiger partial charge in [-0.15, -0.1) is 0 Å². The van der Waals surface area contributed by atoms with Gasteiger partial charge < -0.3 is 79.7 Å². The number of allylic oxidation sites excluding steroid dienone is 1. The molecule has 14 unspecified atom stereocenters. The summed E-state index contributed by atoms with van der Waals surface area (Å²) in [4.78, 5) is 0. The van der Waals surface area contributed by atoms with Crippen LogP contribution in [0.15, 0.2) is 11.6 Å². The molecule has 0 aromatic carbocycles. The van der Waals surface area contributed by atoms with Crippen molar-refractivity contribution in [1.82, 2.24) is 5.32 Å². The van der Waals surface area contributed by atoms with Gasteiger partial charge in [-0.2, -0.15) is 0 Å². The van der Waals surface area contributed by atoms with Crippen LogP contribution in [0, 0.1) is 52.3 Å². The Kier molecular flexibility index (Phi) is 12.9. The quantitative estimate of drug-likeness (QED) is 0.149. The number of fused-ring (bicyclic) bond motifs is 7. The molecular formula is C46H75NO15. The second-order valence-corrected chi connectivity index (χ2v) is 21.8. The molecule has 10 N–H and O–H groups in total. The van der Waals surface area contributed by atoms with Gasteiger partial charge in [-0.05, 0) is 130 Å². The Morgan fingerprint density at radius 3 is 2.05 bits per heavy atom. The van der Waals surface area contributed by atoms with E-state index in [1.807, 2.05) is 0 Å². The van der Waals surface area contributed by atoms with Gasteiger partial charge in [0.05, 0.1) is 25.4 Å².